The van der Waals surface area contributed by atoms with E-state index in [1.807, 2.05) is 26.0 Å². The van der Waals surface area contributed by atoms with Gasteiger partial charge in [0.1, 0.15) is 0 Å². The zero-order chi connectivity index (χ0) is 21.4. The molecule has 29 heavy (non-hydrogen) atoms. The van der Waals surface area contributed by atoms with Gasteiger partial charge in [-0.3, -0.25) is 15.6 Å². The molecule has 160 valence electrons. The van der Waals surface area contributed by atoms with Crippen molar-refractivity contribution in [1.29, 1.82) is 0 Å². The van der Waals surface area contributed by atoms with Crippen LogP contribution in [0.25, 0.3) is 0 Å². The van der Waals surface area contributed by atoms with Crippen LogP contribution in [-0.2, 0) is 6.54 Å². The Balaban J connectivity index is 1.76. The SMILES string of the molecule is CC(C)NC(=O)NCc1ccc(C(=O)NNC(=S)N[C@@H]2CCC[C@H](C)[C@H]2C)cc1. The van der Waals surface area contributed by atoms with E-state index in [0.717, 1.165) is 12.0 Å². The third-order valence-electron chi connectivity index (χ3n) is 5.40. The minimum absolute atomic E-state index is 0.0823. The summed E-state index contributed by atoms with van der Waals surface area (Å²) in [6.45, 7) is 8.71. The van der Waals surface area contributed by atoms with Crippen LogP contribution in [-0.4, -0.2) is 29.1 Å². The fourth-order valence-electron chi connectivity index (χ4n) is 3.45. The molecule has 1 aliphatic carbocycles. The van der Waals surface area contributed by atoms with Gasteiger partial charge in [0.15, 0.2) is 5.11 Å². The van der Waals surface area contributed by atoms with Crippen LogP contribution in [0.15, 0.2) is 24.3 Å². The van der Waals surface area contributed by atoms with Gasteiger partial charge in [-0.1, -0.05) is 38.8 Å². The van der Waals surface area contributed by atoms with Crippen molar-refractivity contribution in [2.45, 2.75) is 65.6 Å². The third kappa shape index (κ3) is 7.53. The number of hydrazine groups is 1. The van der Waals surface area contributed by atoms with Crippen molar-refractivity contribution < 1.29 is 9.59 Å². The van der Waals surface area contributed by atoms with Crippen molar-refractivity contribution in [3.8, 4) is 0 Å². The Morgan fingerprint density at radius 1 is 1.10 bits per heavy atom. The van der Waals surface area contributed by atoms with Crippen molar-refractivity contribution in [2.75, 3.05) is 0 Å². The van der Waals surface area contributed by atoms with Crippen molar-refractivity contribution in [3.05, 3.63) is 35.4 Å². The van der Waals surface area contributed by atoms with Crippen LogP contribution in [0.1, 0.15) is 62.9 Å². The highest BCUT2D eigenvalue weighted by atomic mass is 32.1. The standard InChI is InChI=1S/C21H33N5O2S/c1-13(2)23-20(28)22-12-16-8-10-17(11-9-16)19(27)25-26-21(29)24-18-7-5-6-14(3)15(18)4/h8-11,13-15,18H,5-7,12H2,1-4H3,(H,25,27)(H2,22,23,28)(H2,24,26,29)/t14-,15+,18+/m0/s1. The van der Waals surface area contributed by atoms with Crippen LogP contribution >= 0.6 is 12.2 Å². The summed E-state index contributed by atoms with van der Waals surface area (Å²) >= 11 is 5.32. The van der Waals surface area contributed by atoms with Gasteiger partial charge >= 0.3 is 6.03 Å². The minimum Gasteiger partial charge on any atom is -0.358 e. The highest BCUT2D eigenvalue weighted by Crippen LogP contribution is 2.29. The van der Waals surface area contributed by atoms with Crippen LogP contribution in [0.4, 0.5) is 4.79 Å². The quantitative estimate of drug-likeness (QED) is 0.374. The molecule has 0 spiro atoms. The zero-order valence-corrected chi connectivity index (χ0v) is 18.5. The number of urea groups is 1. The molecule has 0 heterocycles. The molecule has 2 rings (SSSR count). The summed E-state index contributed by atoms with van der Waals surface area (Å²) in [5.74, 6) is 0.947. The second-order valence-corrected chi connectivity index (χ2v) is 8.51. The van der Waals surface area contributed by atoms with Gasteiger partial charge in [0.05, 0.1) is 0 Å². The van der Waals surface area contributed by atoms with Gasteiger partial charge in [-0.25, -0.2) is 4.79 Å². The predicted molar refractivity (Wildman–Crippen MR) is 119 cm³/mol. The van der Waals surface area contributed by atoms with Crippen LogP contribution in [0.2, 0.25) is 0 Å². The molecule has 3 atom stereocenters. The molecular formula is C21H33N5O2S. The maximum Gasteiger partial charge on any atom is 0.315 e. The number of thiocarbonyl (C=S) groups is 1. The van der Waals surface area contributed by atoms with Crippen molar-refractivity contribution in [2.24, 2.45) is 11.8 Å². The van der Waals surface area contributed by atoms with Crippen LogP contribution < -0.4 is 26.8 Å². The number of hydrogen-bond acceptors (Lipinski definition) is 3. The van der Waals surface area contributed by atoms with Gasteiger partial charge in [0.2, 0.25) is 0 Å². The highest BCUT2D eigenvalue weighted by molar-refractivity contribution is 7.80. The van der Waals surface area contributed by atoms with Crippen LogP contribution in [0.3, 0.4) is 0 Å². The number of carbonyl (C=O) groups is 2. The average molecular weight is 420 g/mol. The first-order valence-electron chi connectivity index (χ1n) is 10.3. The zero-order valence-electron chi connectivity index (χ0n) is 17.7. The Labute approximate surface area is 178 Å². The number of amides is 3. The monoisotopic (exact) mass is 419 g/mol. The van der Waals surface area contributed by atoms with E-state index in [2.05, 4.69) is 40.6 Å². The highest BCUT2D eigenvalue weighted by Gasteiger charge is 2.27. The Morgan fingerprint density at radius 3 is 2.45 bits per heavy atom. The van der Waals surface area contributed by atoms with Gasteiger partial charge in [-0.2, -0.15) is 0 Å². The Hall–Kier alpha value is -2.35. The van der Waals surface area contributed by atoms with Crippen molar-refractivity contribution >= 4 is 29.3 Å². The smallest absolute Gasteiger partial charge is 0.315 e. The molecule has 0 radical (unpaired) electrons. The summed E-state index contributed by atoms with van der Waals surface area (Å²) in [7, 11) is 0. The lowest BCUT2D eigenvalue weighted by molar-refractivity contribution is 0.0943. The van der Waals surface area contributed by atoms with E-state index in [4.69, 9.17) is 12.2 Å². The van der Waals surface area contributed by atoms with Crippen LogP contribution in [0, 0.1) is 11.8 Å². The Kier molecular flexibility index (Phi) is 8.70. The Bertz CT molecular complexity index is 708. The summed E-state index contributed by atoms with van der Waals surface area (Å²) in [6, 6.07) is 7.26. The minimum atomic E-state index is -0.267. The van der Waals surface area contributed by atoms with E-state index in [1.165, 1.54) is 12.8 Å². The number of rotatable bonds is 5. The fourth-order valence-corrected chi connectivity index (χ4v) is 3.65. The molecule has 0 unspecified atom stereocenters. The van der Waals surface area contributed by atoms with E-state index in [-0.39, 0.29) is 18.0 Å². The van der Waals surface area contributed by atoms with Gasteiger partial charge < -0.3 is 16.0 Å². The normalized spacial score (nSPS) is 21.2. The molecule has 1 fully saturated rings. The van der Waals surface area contributed by atoms with E-state index >= 15 is 0 Å². The van der Waals surface area contributed by atoms with E-state index in [9.17, 15) is 9.59 Å². The third-order valence-corrected chi connectivity index (χ3v) is 5.62. The molecule has 1 aromatic carbocycles. The molecule has 0 saturated heterocycles. The van der Waals surface area contributed by atoms with Crippen LogP contribution in [0.5, 0.6) is 0 Å². The lowest BCUT2D eigenvalue weighted by atomic mass is 9.78. The average Bonchev–Trinajstić information content (AvgIpc) is 2.68. The second-order valence-electron chi connectivity index (χ2n) is 8.11. The molecule has 0 aromatic heterocycles. The summed E-state index contributed by atoms with van der Waals surface area (Å²) in [6.07, 6.45) is 3.54. The summed E-state index contributed by atoms with van der Waals surface area (Å²) in [5, 5.41) is 9.29. The number of benzene rings is 1. The van der Waals surface area contributed by atoms with Gasteiger partial charge in [0.25, 0.3) is 5.91 Å². The fraction of sp³-hybridized carbons (Fsp3) is 0.571. The lowest BCUT2D eigenvalue weighted by Gasteiger charge is -2.35. The molecule has 1 aromatic rings. The second kappa shape index (κ2) is 11.0. The summed E-state index contributed by atoms with van der Waals surface area (Å²) in [5.41, 5.74) is 6.84. The Morgan fingerprint density at radius 2 is 1.79 bits per heavy atom. The molecular weight excluding hydrogens is 386 g/mol. The molecule has 7 nitrogen and oxygen atoms in total. The maximum atomic E-state index is 12.3. The van der Waals surface area contributed by atoms with E-state index in [1.54, 1.807) is 12.1 Å². The number of hydrogen-bond donors (Lipinski definition) is 5. The van der Waals surface area contributed by atoms with Gasteiger partial charge in [-0.15, -0.1) is 0 Å². The van der Waals surface area contributed by atoms with Gasteiger partial charge in [-0.05, 0) is 62.0 Å². The number of nitrogens with one attached hydrogen (secondary N) is 5. The molecule has 0 aliphatic heterocycles. The van der Waals surface area contributed by atoms with E-state index in [0.29, 0.717) is 35.1 Å². The summed E-state index contributed by atoms with van der Waals surface area (Å²) < 4.78 is 0. The first-order chi connectivity index (χ1) is 13.8. The molecule has 0 bridgehead atoms. The maximum absolute atomic E-state index is 12.3. The van der Waals surface area contributed by atoms with E-state index < -0.39 is 0 Å². The van der Waals surface area contributed by atoms with Gasteiger partial charge in [0, 0.05) is 24.2 Å². The first-order valence-corrected chi connectivity index (χ1v) is 10.7. The largest absolute Gasteiger partial charge is 0.358 e. The lowest BCUT2D eigenvalue weighted by Crippen LogP contribution is -2.52. The molecule has 5 N–H and O–H groups in total. The molecule has 1 saturated carbocycles. The number of carbonyl (C=O) groups excluding carboxylic acids is 2. The van der Waals surface area contributed by atoms with Crippen molar-refractivity contribution in [3.63, 3.8) is 0 Å². The summed E-state index contributed by atoms with van der Waals surface area (Å²) in [4.78, 5) is 23.9. The molecule has 8 heteroatoms. The predicted octanol–water partition coefficient (Wildman–Crippen LogP) is 2.83. The van der Waals surface area contributed by atoms with Crippen molar-refractivity contribution in [1.82, 2.24) is 26.8 Å². The topological polar surface area (TPSA) is 94.3 Å². The first kappa shape index (κ1) is 22.9. The molecule has 3 amide bonds. The molecule has 1 aliphatic rings.